The van der Waals surface area contributed by atoms with Crippen LogP contribution in [-0.4, -0.2) is 13.1 Å². The van der Waals surface area contributed by atoms with E-state index in [1.54, 1.807) is 12.1 Å². The first-order chi connectivity index (χ1) is 11.8. The third-order valence-electron chi connectivity index (χ3n) is 4.36. The quantitative estimate of drug-likeness (QED) is 0.363. The first kappa shape index (κ1) is 14.5. The van der Waals surface area contributed by atoms with Gasteiger partial charge in [0.25, 0.3) is 0 Å². The number of hydrogen-bond donors (Lipinski definition) is 0. The van der Waals surface area contributed by atoms with Crippen molar-refractivity contribution in [2.24, 2.45) is 0 Å². The molecule has 0 unspecified atom stereocenters. The van der Waals surface area contributed by atoms with Crippen LogP contribution in [0, 0.1) is 0 Å². The van der Waals surface area contributed by atoms with Crippen molar-refractivity contribution >= 4 is 27.5 Å². The maximum Gasteiger partial charge on any atom is 0.337 e. The zero-order valence-corrected chi connectivity index (χ0v) is 13.3. The summed E-state index contributed by atoms with van der Waals surface area (Å²) < 4.78 is 4.76. The molecule has 116 valence electrons. The van der Waals surface area contributed by atoms with Crippen molar-refractivity contribution < 1.29 is 9.53 Å². The van der Waals surface area contributed by atoms with Gasteiger partial charge in [0.15, 0.2) is 0 Å². The second-order valence-corrected chi connectivity index (χ2v) is 5.79. The first-order valence-electron chi connectivity index (χ1n) is 7.86. The fraction of sp³-hybridized carbons (Fsp3) is 0.0455. The second kappa shape index (κ2) is 5.82. The lowest BCUT2D eigenvalue weighted by molar-refractivity contribution is 0.0601. The van der Waals surface area contributed by atoms with Crippen molar-refractivity contribution in [1.82, 2.24) is 0 Å². The number of carbonyl (C=O) groups excluding carboxylic acids is 1. The molecule has 24 heavy (non-hydrogen) atoms. The van der Waals surface area contributed by atoms with Crippen molar-refractivity contribution in [3.8, 4) is 11.1 Å². The van der Waals surface area contributed by atoms with Crippen LogP contribution < -0.4 is 0 Å². The lowest BCUT2D eigenvalue weighted by Crippen LogP contribution is -2.00. The predicted molar refractivity (Wildman–Crippen MR) is 98.2 cm³/mol. The highest BCUT2D eigenvalue weighted by atomic mass is 16.5. The summed E-state index contributed by atoms with van der Waals surface area (Å²) in [6, 6.07) is 26.7. The van der Waals surface area contributed by atoms with Gasteiger partial charge in [-0.05, 0) is 56.9 Å². The number of benzene rings is 4. The van der Waals surface area contributed by atoms with Crippen LogP contribution in [0.1, 0.15) is 10.4 Å². The Hall–Kier alpha value is -3.13. The van der Waals surface area contributed by atoms with E-state index in [1.165, 1.54) is 28.7 Å². The van der Waals surface area contributed by atoms with Gasteiger partial charge in [0.1, 0.15) is 0 Å². The standard InChI is InChI=1S/C22H16O2/c1-24-22(23)16-11-9-15(10-12-16)20-8-4-7-19-13-17-5-2-3-6-18(17)14-21(19)20/h2-14H,1H3. The van der Waals surface area contributed by atoms with Crippen LogP contribution in [0.2, 0.25) is 0 Å². The summed E-state index contributed by atoms with van der Waals surface area (Å²) in [7, 11) is 1.39. The van der Waals surface area contributed by atoms with E-state index in [9.17, 15) is 4.79 Å². The zero-order valence-electron chi connectivity index (χ0n) is 13.3. The van der Waals surface area contributed by atoms with Gasteiger partial charge >= 0.3 is 5.97 Å². The molecule has 4 aromatic carbocycles. The van der Waals surface area contributed by atoms with Gasteiger partial charge in [-0.1, -0.05) is 54.6 Å². The Morgan fingerprint density at radius 3 is 2.12 bits per heavy atom. The zero-order chi connectivity index (χ0) is 16.5. The second-order valence-electron chi connectivity index (χ2n) is 5.79. The Labute approximate surface area is 140 Å². The summed E-state index contributed by atoms with van der Waals surface area (Å²) in [4.78, 5) is 11.6. The number of ether oxygens (including phenoxy) is 1. The topological polar surface area (TPSA) is 26.3 Å². The van der Waals surface area contributed by atoms with Gasteiger partial charge in [-0.25, -0.2) is 4.79 Å². The normalized spacial score (nSPS) is 10.9. The molecule has 2 nitrogen and oxygen atoms in total. The van der Waals surface area contributed by atoms with Gasteiger partial charge in [-0.3, -0.25) is 0 Å². The number of fused-ring (bicyclic) bond motifs is 2. The molecule has 2 heteroatoms. The van der Waals surface area contributed by atoms with Gasteiger partial charge in [-0.2, -0.15) is 0 Å². The van der Waals surface area contributed by atoms with Crippen LogP contribution in [-0.2, 0) is 4.74 Å². The van der Waals surface area contributed by atoms with E-state index >= 15 is 0 Å². The van der Waals surface area contributed by atoms with E-state index in [0.29, 0.717) is 5.56 Å². The molecule has 0 aromatic heterocycles. The molecule has 0 spiro atoms. The molecule has 0 aliphatic heterocycles. The molecule has 0 radical (unpaired) electrons. The van der Waals surface area contributed by atoms with Gasteiger partial charge in [-0.15, -0.1) is 0 Å². The van der Waals surface area contributed by atoms with E-state index in [-0.39, 0.29) is 5.97 Å². The number of hydrogen-bond acceptors (Lipinski definition) is 2. The van der Waals surface area contributed by atoms with Crippen LogP contribution in [0.25, 0.3) is 32.7 Å². The smallest absolute Gasteiger partial charge is 0.337 e. The first-order valence-corrected chi connectivity index (χ1v) is 7.86. The van der Waals surface area contributed by atoms with E-state index < -0.39 is 0 Å². The van der Waals surface area contributed by atoms with Gasteiger partial charge in [0.2, 0.25) is 0 Å². The SMILES string of the molecule is COC(=O)c1ccc(-c2cccc3cc4ccccc4cc23)cc1. The minimum Gasteiger partial charge on any atom is -0.465 e. The van der Waals surface area contributed by atoms with Gasteiger partial charge in [0, 0.05) is 0 Å². The predicted octanol–water partition coefficient (Wildman–Crippen LogP) is 5.45. The summed E-state index contributed by atoms with van der Waals surface area (Å²) >= 11 is 0. The third kappa shape index (κ3) is 2.42. The summed E-state index contributed by atoms with van der Waals surface area (Å²) in [5, 5.41) is 4.89. The van der Waals surface area contributed by atoms with E-state index in [4.69, 9.17) is 4.74 Å². The highest BCUT2D eigenvalue weighted by molar-refractivity contribution is 6.05. The molecule has 0 fully saturated rings. The average Bonchev–Trinajstić information content (AvgIpc) is 2.65. The molecule has 0 atom stereocenters. The molecule has 0 aliphatic rings. The monoisotopic (exact) mass is 312 g/mol. The molecule has 4 aromatic rings. The Kier molecular flexibility index (Phi) is 3.51. The summed E-state index contributed by atoms with van der Waals surface area (Å²) in [6.45, 7) is 0. The van der Waals surface area contributed by atoms with Crippen molar-refractivity contribution in [1.29, 1.82) is 0 Å². The van der Waals surface area contributed by atoms with Crippen LogP contribution >= 0.6 is 0 Å². The van der Waals surface area contributed by atoms with E-state index in [1.807, 2.05) is 12.1 Å². The fourth-order valence-electron chi connectivity index (χ4n) is 3.12. The highest BCUT2D eigenvalue weighted by Gasteiger charge is 2.08. The maximum absolute atomic E-state index is 11.6. The van der Waals surface area contributed by atoms with Crippen LogP contribution in [0.4, 0.5) is 0 Å². The van der Waals surface area contributed by atoms with Crippen molar-refractivity contribution in [3.05, 3.63) is 84.4 Å². The molecule has 0 bridgehead atoms. The third-order valence-corrected chi connectivity index (χ3v) is 4.36. The molecular weight excluding hydrogens is 296 g/mol. The number of carbonyl (C=O) groups is 1. The van der Waals surface area contributed by atoms with Crippen molar-refractivity contribution in [3.63, 3.8) is 0 Å². The van der Waals surface area contributed by atoms with E-state index in [0.717, 1.165) is 11.1 Å². The molecular formula is C22H16O2. The average molecular weight is 312 g/mol. The molecule has 0 saturated carbocycles. The van der Waals surface area contributed by atoms with Crippen LogP contribution in [0.5, 0.6) is 0 Å². The highest BCUT2D eigenvalue weighted by Crippen LogP contribution is 2.32. The lowest BCUT2D eigenvalue weighted by Gasteiger charge is -2.09. The Balaban J connectivity index is 1.89. The Bertz CT molecular complexity index is 1050. The number of rotatable bonds is 2. The molecule has 4 rings (SSSR count). The summed E-state index contributed by atoms with van der Waals surface area (Å²) in [5.41, 5.74) is 2.81. The van der Waals surface area contributed by atoms with Crippen molar-refractivity contribution in [2.45, 2.75) is 0 Å². The van der Waals surface area contributed by atoms with Crippen molar-refractivity contribution in [2.75, 3.05) is 7.11 Å². The van der Waals surface area contributed by atoms with Crippen LogP contribution in [0.3, 0.4) is 0 Å². The summed E-state index contributed by atoms with van der Waals surface area (Å²) in [6.07, 6.45) is 0. The van der Waals surface area contributed by atoms with E-state index in [2.05, 4.69) is 54.6 Å². The number of esters is 1. The molecule has 0 N–H and O–H groups in total. The minimum atomic E-state index is -0.314. The molecule has 0 aliphatic carbocycles. The molecule has 0 saturated heterocycles. The minimum absolute atomic E-state index is 0.314. The van der Waals surface area contributed by atoms with Gasteiger partial charge < -0.3 is 4.74 Å². The lowest BCUT2D eigenvalue weighted by atomic mass is 9.95. The van der Waals surface area contributed by atoms with Crippen LogP contribution in [0.15, 0.2) is 78.9 Å². The summed E-state index contributed by atoms with van der Waals surface area (Å²) in [5.74, 6) is -0.314. The molecule has 0 heterocycles. The maximum atomic E-state index is 11.6. The Morgan fingerprint density at radius 2 is 1.42 bits per heavy atom. The Morgan fingerprint density at radius 1 is 0.750 bits per heavy atom. The fourth-order valence-corrected chi connectivity index (χ4v) is 3.12. The largest absolute Gasteiger partial charge is 0.465 e. The molecule has 0 amide bonds. The number of methoxy groups -OCH3 is 1. The van der Waals surface area contributed by atoms with Gasteiger partial charge in [0.05, 0.1) is 12.7 Å².